The van der Waals surface area contributed by atoms with Gasteiger partial charge in [0.05, 0.1) is 11.2 Å². The lowest BCUT2D eigenvalue weighted by atomic mass is 10.2. The van der Waals surface area contributed by atoms with Crippen molar-refractivity contribution in [2.75, 3.05) is 5.32 Å². The van der Waals surface area contributed by atoms with E-state index in [2.05, 4.69) is 5.32 Å². The van der Waals surface area contributed by atoms with Crippen LogP contribution in [-0.2, 0) is 11.3 Å². The molecule has 0 fully saturated rings. The molecule has 1 amide bonds. The van der Waals surface area contributed by atoms with Crippen LogP contribution in [0, 0.1) is 6.92 Å². The van der Waals surface area contributed by atoms with Crippen LogP contribution in [-0.4, -0.2) is 10.5 Å². The van der Waals surface area contributed by atoms with Crippen LogP contribution in [0.1, 0.15) is 18.4 Å². The maximum absolute atomic E-state index is 12.5. The van der Waals surface area contributed by atoms with Gasteiger partial charge in [0.1, 0.15) is 5.75 Å². The second-order valence-corrected chi connectivity index (χ2v) is 7.63. The molecule has 6 nitrogen and oxygen atoms in total. The number of hydrogen-bond donors (Lipinski definition) is 1. The number of anilines is 1. The Kier molecular flexibility index (Phi) is 6.09. The van der Waals surface area contributed by atoms with Crippen molar-refractivity contribution in [1.29, 1.82) is 0 Å². The Labute approximate surface area is 184 Å². The van der Waals surface area contributed by atoms with E-state index in [1.54, 1.807) is 24.3 Å². The van der Waals surface area contributed by atoms with Gasteiger partial charge in [0.15, 0.2) is 11.3 Å². The smallest absolute Gasteiger partial charge is 0.419 e. The molecule has 1 heterocycles. The molecule has 4 rings (SSSR count). The highest BCUT2D eigenvalue weighted by atomic mass is 35.5. The molecule has 4 aromatic rings. The number of carbonyl (C=O) groups excluding carboxylic acids is 1. The summed E-state index contributed by atoms with van der Waals surface area (Å²) in [6, 6.07) is 19.9. The number of aromatic nitrogens is 1. The van der Waals surface area contributed by atoms with Gasteiger partial charge in [-0.15, -0.1) is 0 Å². The van der Waals surface area contributed by atoms with Crippen molar-refractivity contribution in [2.45, 2.75) is 26.3 Å². The summed E-state index contributed by atoms with van der Waals surface area (Å²) in [6.45, 7) is 2.38. The van der Waals surface area contributed by atoms with Crippen molar-refractivity contribution in [3.05, 3.63) is 87.9 Å². The molecule has 0 aliphatic carbocycles. The molecule has 1 aromatic heterocycles. The second-order valence-electron chi connectivity index (χ2n) is 7.19. The molecule has 3 aromatic carbocycles. The van der Waals surface area contributed by atoms with Gasteiger partial charge in [-0.1, -0.05) is 41.4 Å². The van der Waals surface area contributed by atoms with Gasteiger partial charge in [0, 0.05) is 18.0 Å². The molecule has 0 spiro atoms. The van der Waals surface area contributed by atoms with E-state index >= 15 is 0 Å². The Morgan fingerprint density at radius 1 is 1.10 bits per heavy atom. The summed E-state index contributed by atoms with van der Waals surface area (Å²) in [7, 11) is 0. The highest BCUT2D eigenvalue weighted by Crippen LogP contribution is 2.32. The standard InChI is InChI=1S/C24H21ClN2O4/c1-16-8-11-18(12-9-16)30-21-13-10-17(25)15-19(21)26-23(28)7-4-14-27-20-5-2-3-6-22(20)31-24(27)29/h2-3,5-6,8-13,15H,4,7,14H2,1H3,(H,26,28). The number of para-hydroxylation sites is 2. The Balaban J connectivity index is 1.41. The summed E-state index contributed by atoms with van der Waals surface area (Å²) in [5.41, 5.74) is 2.87. The average molecular weight is 437 g/mol. The summed E-state index contributed by atoms with van der Waals surface area (Å²) in [6.07, 6.45) is 0.701. The van der Waals surface area contributed by atoms with E-state index < -0.39 is 5.76 Å². The largest absolute Gasteiger partial charge is 0.455 e. The zero-order valence-corrected chi connectivity index (χ0v) is 17.7. The molecule has 0 unspecified atom stereocenters. The highest BCUT2D eigenvalue weighted by molar-refractivity contribution is 6.31. The lowest BCUT2D eigenvalue weighted by Crippen LogP contribution is -2.17. The molecule has 0 atom stereocenters. The maximum atomic E-state index is 12.5. The first kappa shape index (κ1) is 20.8. The number of nitrogens with one attached hydrogen (secondary N) is 1. The number of aryl methyl sites for hydroxylation is 2. The number of rotatable bonds is 7. The van der Waals surface area contributed by atoms with Crippen molar-refractivity contribution in [3.63, 3.8) is 0 Å². The van der Waals surface area contributed by atoms with Crippen molar-refractivity contribution in [3.8, 4) is 11.5 Å². The normalized spacial score (nSPS) is 10.9. The van der Waals surface area contributed by atoms with Crippen LogP contribution in [0.25, 0.3) is 11.1 Å². The van der Waals surface area contributed by atoms with E-state index in [-0.39, 0.29) is 12.3 Å². The number of benzene rings is 3. The van der Waals surface area contributed by atoms with Crippen LogP contribution >= 0.6 is 11.6 Å². The van der Waals surface area contributed by atoms with Gasteiger partial charge in [0.25, 0.3) is 0 Å². The summed E-state index contributed by atoms with van der Waals surface area (Å²) in [5.74, 6) is 0.537. The molecule has 0 bridgehead atoms. The van der Waals surface area contributed by atoms with Gasteiger partial charge >= 0.3 is 5.76 Å². The lowest BCUT2D eigenvalue weighted by molar-refractivity contribution is -0.116. The molecule has 0 aliphatic rings. The monoisotopic (exact) mass is 436 g/mol. The van der Waals surface area contributed by atoms with Crippen molar-refractivity contribution in [1.82, 2.24) is 4.57 Å². The van der Waals surface area contributed by atoms with Crippen LogP contribution in [0.15, 0.2) is 75.9 Å². The molecule has 0 saturated heterocycles. The van der Waals surface area contributed by atoms with Crippen molar-refractivity contribution >= 4 is 34.3 Å². The number of ether oxygens (including phenoxy) is 1. The topological polar surface area (TPSA) is 73.5 Å². The first-order valence-electron chi connectivity index (χ1n) is 9.92. The van der Waals surface area contributed by atoms with E-state index in [9.17, 15) is 9.59 Å². The molecule has 0 radical (unpaired) electrons. The minimum absolute atomic E-state index is 0.197. The molecule has 158 valence electrons. The number of amides is 1. The summed E-state index contributed by atoms with van der Waals surface area (Å²) in [4.78, 5) is 24.6. The number of hydrogen-bond acceptors (Lipinski definition) is 4. The first-order chi connectivity index (χ1) is 15.0. The predicted molar refractivity (Wildman–Crippen MR) is 121 cm³/mol. The third kappa shape index (κ3) is 4.98. The summed E-state index contributed by atoms with van der Waals surface area (Å²) >= 11 is 6.11. The Morgan fingerprint density at radius 3 is 2.68 bits per heavy atom. The quantitative estimate of drug-likeness (QED) is 0.399. The minimum Gasteiger partial charge on any atom is -0.455 e. The van der Waals surface area contributed by atoms with Gasteiger partial charge in [0.2, 0.25) is 5.91 Å². The van der Waals surface area contributed by atoms with Crippen LogP contribution in [0.4, 0.5) is 5.69 Å². The fraction of sp³-hybridized carbons (Fsp3) is 0.167. The van der Waals surface area contributed by atoms with E-state index in [1.165, 1.54) is 4.57 Å². The van der Waals surface area contributed by atoms with Gasteiger partial charge in [-0.05, 0) is 55.8 Å². The fourth-order valence-electron chi connectivity index (χ4n) is 3.26. The summed E-state index contributed by atoms with van der Waals surface area (Å²) in [5, 5.41) is 3.34. The van der Waals surface area contributed by atoms with Gasteiger partial charge in [-0.3, -0.25) is 9.36 Å². The van der Waals surface area contributed by atoms with Gasteiger partial charge in [-0.2, -0.15) is 0 Å². The molecule has 0 saturated carbocycles. The van der Waals surface area contributed by atoms with Crippen LogP contribution in [0.3, 0.4) is 0 Å². The minimum atomic E-state index is -0.426. The molecule has 1 N–H and O–H groups in total. The predicted octanol–water partition coefficient (Wildman–Crippen LogP) is 5.77. The number of carbonyl (C=O) groups is 1. The highest BCUT2D eigenvalue weighted by Gasteiger charge is 2.12. The van der Waals surface area contributed by atoms with Crippen molar-refractivity contribution in [2.24, 2.45) is 0 Å². The van der Waals surface area contributed by atoms with E-state index in [1.807, 2.05) is 49.4 Å². The van der Waals surface area contributed by atoms with E-state index in [0.29, 0.717) is 40.8 Å². The van der Waals surface area contributed by atoms with Crippen LogP contribution in [0.2, 0.25) is 5.02 Å². The SMILES string of the molecule is Cc1ccc(Oc2ccc(Cl)cc2NC(=O)CCCn2c(=O)oc3ccccc32)cc1. The molecule has 7 heteroatoms. The van der Waals surface area contributed by atoms with Crippen LogP contribution in [0.5, 0.6) is 11.5 Å². The van der Waals surface area contributed by atoms with E-state index in [4.69, 9.17) is 20.8 Å². The maximum Gasteiger partial charge on any atom is 0.419 e. The first-order valence-corrected chi connectivity index (χ1v) is 10.3. The van der Waals surface area contributed by atoms with Gasteiger partial charge < -0.3 is 14.5 Å². The second kappa shape index (κ2) is 9.10. The zero-order chi connectivity index (χ0) is 21.8. The lowest BCUT2D eigenvalue weighted by Gasteiger charge is -2.13. The summed E-state index contributed by atoms with van der Waals surface area (Å²) < 4.78 is 12.7. The Bertz CT molecular complexity index is 1270. The average Bonchev–Trinajstić information content (AvgIpc) is 3.07. The zero-order valence-electron chi connectivity index (χ0n) is 16.9. The van der Waals surface area contributed by atoms with Crippen molar-refractivity contribution < 1.29 is 13.9 Å². The third-order valence-corrected chi connectivity index (χ3v) is 5.06. The Hall–Kier alpha value is -3.51. The van der Waals surface area contributed by atoms with E-state index in [0.717, 1.165) is 11.1 Å². The fourth-order valence-corrected chi connectivity index (χ4v) is 3.43. The number of halogens is 1. The number of oxazole rings is 1. The van der Waals surface area contributed by atoms with Crippen LogP contribution < -0.4 is 15.8 Å². The van der Waals surface area contributed by atoms with Gasteiger partial charge in [-0.25, -0.2) is 4.79 Å². The molecule has 0 aliphatic heterocycles. The number of nitrogens with zero attached hydrogens (tertiary/aromatic N) is 1. The number of fused-ring (bicyclic) bond motifs is 1. The Morgan fingerprint density at radius 2 is 1.87 bits per heavy atom. The third-order valence-electron chi connectivity index (χ3n) is 4.82. The molecule has 31 heavy (non-hydrogen) atoms. The molecular formula is C24H21ClN2O4. The molecular weight excluding hydrogens is 416 g/mol.